The van der Waals surface area contributed by atoms with Crippen molar-refractivity contribution in [3.63, 3.8) is 0 Å². The van der Waals surface area contributed by atoms with E-state index >= 15 is 0 Å². The quantitative estimate of drug-likeness (QED) is 0.572. The second-order valence-corrected chi connectivity index (χ2v) is 4.17. The maximum absolute atomic E-state index is 8.08. The molecule has 2 saturated heterocycles. The first-order chi connectivity index (χ1) is 12.2. The molecular weight excluding hydrogens is 316 g/mol. The minimum atomic E-state index is 0.190. The van der Waals surface area contributed by atoms with Gasteiger partial charge >= 0.3 is 0 Å². The van der Waals surface area contributed by atoms with Gasteiger partial charge in [-0.25, -0.2) is 0 Å². The van der Waals surface area contributed by atoms with Gasteiger partial charge in [-0.15, -0.1) is 0 Å². The van der Waals surface area contributed by atoms with Crippen LogP contribution in [0.25, 0.3) is 0 Å². The van der Waals surface area contributed by atoms with Gasteiger partial charge in [0.05, 0.1) is 26.4 Å². The average molecular weight is 355 g/mol. The Labute approximate surface area is 155 Å². The van der Waals surface area contributed by atoms with E-state index in [0.29, 0.717) is 0 Å². The molecule has 2 fully saturated rings. The Balaban J connectivity index is -0.000000110. The van der Waals surface area contributed by atoms with Gasteiger partial charge in [-0.3, -0.25) is 0 Å². The molecule has 1 unspecified atom stereocenters. The van der Waals surface area contributed by atoms with Crippen LogP contribution >= 0.6 is 0 Å². The predicted octanol–water partition coefficient (Wildman–Crippen LogP) is 4.25. The normalized spacial score (nSPS) is 14.8. The van der Waals surface area contributed by atoms with E-state index in [1.807, 2.05) is 24.3 Å². The summed E-state index contributed by atoms with van der Waals surface area (Å²) in [5.74, 6) is 0. The van der Waals surface area contributed by atoms with Gasteiger partial charge < -0.3 is 19.7 Å². The van der Waals surface area contributed by atoms with Crippen molar-refractivity contribution < 1.29 is 19.7 Å². The largest absolute Gasteiger partial charge is 0.400 e. The van der Waals surface area contributed by atoms with Gasteiger partial charge in [0.15, 0.2) is 0 Å². The highest BCUT2D eigenvalue weighted by atomic mass is 16.6. The summed E-state index contributed by atoms with van der Waals surface area (Å²) < 4.78 is 9.11. The van der Waals surface area contributed by atoms with Crippen molar-refractivity contribution in [3.05, 3.63) is 74.9 Å². The van der Waals surface area contributed by atoms with Crippen molar-refractivity contribution in [2.75, 3.05) is 33.5 Å². The number of hydrogen-bond acceptors (Lipinski definition) is 4. The Morgan fingerprint density at radius 3 is 1.12 bits per heavy atom. The maximum atomic E-state index is 8.08. The molecule has 2 aliphatic heterocycles. The fraction of sp³-hybridized carbons (Fsp3) is 0.429. The molecular formula is C21H38O4. The van der Waals surface area contributed by atoms with E-state index in [2.05, 4.69) is 49.6 Å². The lowest BCUT2D eigenvalue weighted by atomic mass is 10.5. The fourth-order valence-corrected chi connectivity index (χ4v) is 0.488. The van der Waals surface area contributed by atoms with Gasteiger partial charge in [-0.05, 0) is 0 Å². The van der Waals surface area contributed by atoms with E-state index in [9.17, 15) is 0 Å². The van der Waals surface area contributed by atoms with Crippen molar-refractivity contribution in [1.29, 1.82) is 0 Å². The van der Waals surface area contributed by atoms with E-state index in [1.165, 1.54) is 6.42 Å². The molecule has 0 aromatic carbocycles. The van der Waals surface area contributed by atoms with Crippen LogP contribution in [0.3, 0.4) is 0 Å². The van der Waals surface area contributed by atoms with Crippen molar-refractivity contribution in [2.24, 2.45) is 0 Å². The Morgan fingerprint density at radius 1 is 0.840 bits per heavy atom. The molecule has 0 saturated carbocycles. The van der Waals surface area contributed by atoms with Crippen LogP contribution in [0.1, 0.15) is 20.3 Å². The molecule has 2 N–H and O–H groups in total. The highest BCUT2D eigenvalue weighted by Gasteiger charge is 2.19. The van der Waals surface area contributed by atoms with E-state index in [4.69, 9.17) is 10.2 Å². The SMILES string of the molecule is C1CO1.C=C/C=C\C=C.C=C/C=C\C=C.CCC.CO.OCC1CO1. The Morgan fingerprint density at radius 2 is 1.08 bits per heavy atom. The molecule has 25 heavy (non-hydrogen) atoms. The van der Waals surface area contributed by atoms with Crippen molar-refractivity contribution >= 4 is 0 Å². The summed E-state index contributed by atoms with van der Waals surface area (Å²) >= 11 is 0. The van der Waals surface area contributed by atoms with Gasteiger partial charge in [0, 0.05) is 7.11 Å². The molecule has 0 bridgehead atoms. The second kappa shape index (κ2) is 38.1. The van der Waals surface area contributed by atoms with Gasteiger partial charge in [-0.1, -0.05) is 95.2 Å². The lowest BCUT2D eigenvalue weighted by Gasteiger charge is -1.70. The maximum Gasteiger partial charge on any atom is 0.104 e. The Hall–Kier alpha value is -1.72. The number of epoxide rings is 2. The highest BCUT2D eigenvalue weighted by Crippen LogP contribution is 2.04. The molecule has 0 aromatic heterocycles. The molecule has 0 amide bonds. The third kappa shape index (κ3) is 86.7. The number of aliphatic hydroxyl groups is 2. The van der Waals surface area contributed by atoms with E-state index in [-0.39, 0.29) is 12.7 Å². The molecule has 0 aliphatic carbocycles. The topological polar surface area (TPSA) is 65.5 Å². The summed E-state index contributed by atoms with van der Waals surface area (Å²) in [6, 6.07) is 0. The molecule has 2 heterocycles. The van der Waals surface area contributed by atoms with Crippen LogP contribution in [0.15, 0.2) is 74.9 Å². The van der Waals surface area contributed by atoms with E-state index < -0.39 is 0 Å². The number of allylic oxidation sites excluding steroid dienone is 8. The summed E-state index contributed by atoms with van der Waals surface area (Å²) in [4.78, 5) is 0. The lowest BCUT2D eigenvalue weighted by Crippen LogP contribution is -1.88. The van der Waals surface area contributed by atoms with Crippen LogP contribution in [0.4, 0.5) is 0 Å². The van der Waals surface area contributed by atoms with Gasteiger partial charge in [0.2, 0.25) is 0 Å². The predicted molar refractivity (Wildman–Crippen MR) is 111 cm³/mol. The van der Waals surface area contributed by atoms with Gasteiger partial charge in [0.25, 0.3) is 0 Å². The van der Waals surface area contributed by atoms with Crippen LogP contribution in [0, 0.1) is 0 Å². The molecule has 0 aromatic rings. The first kappa shape index (κ1) is 31.1. The van der Waals surface area contributed by atoms with Crippen LogP contribution in [-0.4, -0.2) is 49.9 Å². The minimum Gasteiger partial charge on any atom is -0.400 e. The molecule has 4 heteroatoms. The summed E-state index contributed by atoms with van der Waals surface area (Å²) in [5, 5.41) is 15.1. The third-order valence-corrected chi connectivity index (χ3v) is 1.58. The Bertz CT molecular complexity index is 269. The summed E-state index contributed by atoms with van der Waals surface area (Å²) in [5.41, 5.74) is 0. The average Bonchev–Trinajstić information content (AvgIpc) is 3.54. The van der Waals surface area contributed by atoms with Gasteiger partial charge in [-0.2, -0.15) is 0 Å². The number of ether oxygens (including phenoxy) is 2. The zero-order chi connectivity index (χ0) is 20.2. The molecule has 1 atom stereocenters. The van der Waals surface area contributed by atoms with Crippen molar-refractivity contribution in [3.8, 4) is 0 Å². The number of aliphatic hydroxyl groups excluding tert-OH is 2. The minimum absolute atomic E-state index is 0.190. The zero-order valence-electron chi connectivity index (χ0n) is 16.3. The second-order valence-electron chi connectivity index (χ2n) is 4.17. The lowest BCUT2D eigenvalue weighted by molar-refractivity contribution is 0.244. The first-order valence-electron chi connectivity index (χ1n) is 8.23. The fourth-order valence-electron chi connectivity index (χ4n) is 0.488. The number of rotatable bonds is 5. The zero-order valence-corrected chi connectivity index (χ0v) is 16.3. The highest BCUT2D eigenvalue weighted by molar-refractivity contribution is 5.06. The monoisotopic (exact) mass is 354 g/mol. The molecule has 0 spiro atoms. The summed E-state index contributed by atoms with van der Waals surface area (Å²) in [7, 11) is 1.00. The van der Waals surface area contributed by atoms with Gasteiger partial charge in [0.1, 0.15) is 6.10 Å². The van der Waals surface area contributed by atoms with Crippen molar-refractivity contribution in [1.82, 2.24) is 0 Å². The van der Waals surface area contributed by atoms with E-state index in [0.717, 1.165) is 26.9 Å². The summed E-state index contributed by atoms with van der Waals surface area (Å²) in [6.45, 7) is 21.1. The third-order valence-electron chi connectivity index (χ3n) is 1.58. The number of hydrogen-bond donors (Lipinski definition) is 2. The first-order valence-corrected chi connectivity index (χ1v) is 8.23. The molecule has 2 aliphatic rings. The van der Waals surface area contributed by atoms with Crippen LogP contribution in [-0.2, 0) is 9.47 Å². The molecule has 4 nitrogen and oxygen atoms in total. The van der Waals surface area contributed by atoms with Crippen LogP contribution < -0.4 is 0 Å². The summed E-state index contributed by atoms with van der Waals surface area (Å²) in [6.07, 6.45) is 15.6. The van der Waals surface area contributed by atoms with Crippen molar-refractivity contribution in [2.45, 2.75) is 26.4 Å². The Kier molecular flexibility index (Phi) is 47.3. The molecule has 146 valence electrons. The van der Waals surface area contributed by atoms with Crippen LogP contribution in [0.2, 0.25) is 0 Å². The van der Waals surface area contributed by atoms with Crippen LogP contribution in [0.5, 0.6) is 0 Å². The smallest absolute Gasteiger partial charge is 0.104 e. The molecule has 0 radical (unpaired) electrons. The van der Waals surface area contributed by atoms with E-state index in [1.54, 1.807) is 24.3 Å². The molecule has 2 rings (SSSR count). The standard InChI is InChI=1S/2C6H8.C3H6O2.C3H8.C2H4O.CH4O/c2*1-3-5-6-4-2;4-1-3-2-5-3;1-3-2;1-2-3-1;1-2/h2*3-6H,1-2H2;3-4H,1-2H2;3H2,1-2H3;1-2H2;2H,1H3/b2*6-5-;;;;.